The monoisotopic (exact) mass is 239 g/mol. The Morgan fingerprint density at radius 3 is 1.93 bits per heavy atom. The number of hydrogen-bond donors (Lipinski definition) is 1. The van der Waals surface area contributed by atoms with Crippen LogP contribution in [0.2, 0.25) is 0 Å². The van der Waals surface area contributed by atoms with Crippen LogP contribution in [0, 0.1) is 0 Å². The summed E-state index contributed by atoms with van der Waals surface area (Å²) in [4.78, 5) is 22.0. The standard InChI is InChI=1S/C7H14NO6P/c1-5(9)8-6(7(10)12-2)15(11,13-3)14-4/h6H,1-4H3,(H,8,9)/t6-/m0/s1. The van der Waals surface area contributed by atoms with Gasteiger partial charge in [-0.05, 0) is 0 Å². The van der Waals surface area contributed by atoms with Gasteiger partial charge in [-0.2, -0.15) is 0 Å². The lowest BCUT2D eigenvalue weighted by Gasteiger charge is -2.22. The molecule has 0 saturated heterocycles. The van der Waals surface area contributed by atoms with Crippen LogP contribution in [0.15, 0.2) is 0 Å². The molecular weight excluding hydrogens is 225 g/mol. The van der Waals surface area contributed by atoms with Gasteiger partial charge in [-0.3, -0.25) is 9.36 Å². The van der Waals surface area contributed by atoms with Crippen LogP contribution < -0.4 is 5.32 Å². The summed E-state index contributed by atoms with van der Waals surface area (Å²) in [7, 11) is -0.394. The SMILES string of the molecule is COC(=O)[C@@H](NC(C)=O)P(=O)(OC)OC. The number of carbonyl (C=O) groups is 2. The van der Waals surface area contributed by atoms with E-state index in [1.165, 1.54) is 6.92 Å². The minimum Gasteiger partial charge on any atom is -0.467 e. The first-order valence-corrected chi connectivity index (χ1v) is 5.58. The third-order valence-corrected chi connectivity index (χ3v) is 3.58. The lowest BCUT2D eigenvalue weighted by molar-refractivity contribution is -0.142. The van der Waals surface area contributed by atoms with E-state index >= 15 is 0 Å². The summed E-state index contributed by atoms with van der Waals surface area (Å²) < 4.78 is 25.4. The highest BCUT2D eigenvalue weighted by molar-refractivity contribution is 7.55. The van der Waals surface area contributed by atoms with Crippen LogP contribution >= 0.6 is 7.60 Å². The number of amides is 1. The minimum atomic E-state index is -3.72. The third-order valence-electron chi connectivity index (χ3n) is 1.59. The van der Waals surface area contributed by atoms with Crippen molar-refractivity contribution in [1.29, 1.82) is 0 Å². The Morgan fingerprint density at radius 2 is 1.67 bits per heavy atom. The normalized spacial score (nSPS) is 13.1. The Bertz CT molecular complexity index is 283. The molecule has 0 aromatic heterocycles. The molecule has 0 radical (unpaired) electrons. The largest absolute Gasteiger partial charge is 0.467 e. The van der Waals surface area contributed by atoms with Gasteiger partial charge in [0.25, 0.3) is 0 Å². The topological polar surface area (TPSA) is 90.9 Å². The molecule has 15 heavy (non-hydrogen) atoms. The second kappa shape index (κ2) is 5.85. The first-order chi connectivity index (χ1) is 6.91. The van der Waals surface area contributed by atoms with Crippen molar-refractivity contribution in [3.05, 3.63) is 0 Å². The molecule has 7 nitrogen and oxygen atoms in total. The summed E-state index contributed by atoms with van der Waals surface area (Å²) in [6.07, 6.45) is 0. The zero-order valence-corrected chi connectivity index (χ0v) is 9.87. The van der Waals surface area contributed by atoms with Crippen LogP contribution in [0.1, 0.15) is 6.92 Å². The van der Waals surface area contributed by atoms with E-state index < -0.39 is 25.3 Å². The van der Waals surface area contributed by atoms with E-state index in [0.717, 1.165) is 21.3 Å². The second-order valence-electron chi connectivity index (χ2n) is 2.53. The summed E-state index contributed by atoms with van der Waals surface area (Å²) in [5.74, 6) is -2.88. The van der Waals surface area contributed by atoms with Crippen molar-refractivity contribution < 1.29 is 27.9 Å². The molecule has 0 aliphatic heterocycles. The van der Waals surface area contributed by atoms with Crippen molar-refractivity contribution in [2.45, 2.75) is 12.7 Å². The molecule has 0 rings (SSSR count). The third kappa shape index (κ3) is 3.62. The Labute approximate surface area is 87.6 Å². The van der Waals surface area contributed by atoms with Gasteiger partial charge in [0.05, 0.1) is 7.11 Å². The Hall–Kier alpha value is -0.910. The Kier molecular flexibility index (Phi) is 5.49. The van der Waals surface area contributed by atoms with Crippen LogP contribution in [-0.2, 0) is 27.9 Å². The predicted molar refractivity (Wildman–Crippen MR) is 51.2 cm³/mol. The van der Waals surface area contributed by atoms with Gasteiger partial charge in [-0.25, -0.2) is 4.79 Å². The fraction of sp³-hybridized carbons (Fsp3) is 0.714. The van der Waals surface area contributed by atoms with Crippen LogP contribution in [0.25, 0.3) is 0 Å². The van der Waals surface area contributed by atoms with Crippen LogP contribution in [-0.4, -0.2) is 39.0 Å². The fourth-order valence-corrected chi connectivity index (χ4v) is 2.13. The quantitative estimate of drug-likeness (QED) is 0.540. The van der Waals surface area contributed by atoms with Crippen molar-refractivity contribution in [1.82, 2.24) is 5.32 Å². The molecule has 0 spiro atoms. The highest BCUT2D eigenvalue weighted by Crippen LogP contribution is 2.50. The highest BCUT2D eigenvalue weighted by Gasteiger charge is 2.41. The molecule has 0 unspecified atom stereocenters. The number of ether oxygens (including phenoxy) is 1. The maximum absolute atomic E-state index is 11.8. The number of rotatable bonds is 5. The van der Waals surface area contributed by atoms with Gasteiger partial charge < -0.3 is 19.1 Å². The first-order valence-electron chi connectivity index (χ1n) is 3.97. The molecule has 1 atom stereocenters. The summed E-state index contributed by atoms with van der Waals surface area (Å²) in [5, 5.41) is 2.15. The van der Waals surface area contributed by atoms with E-state index in [1.807, 2.05) is 0 Å². The smallest absolute Gasteiger partial charge is 0.363 e. The summed E-state index contributed by atoms with van der Waals surface area (Å²) in [6.45, 7) is 1.17. The molecule has 88 valence electrons. The maximum Gasteiger partial charge on any atom is 0.363 e. The summed E-state index contributed by atoms with van der Waals surface area (Å²) >= 11 is 0. The molecule has 0 aromatic carbocycles. The molecule has 0 aliphatic carbocycles. The number of esters is 1. The van der Waals surface area contributed by atoms with Gasteiger partial charge in [-0.15, -0.1) is 0 Å². The van der Waals surface area contributed by atoms with Crippen molar-refractivity contribution in [2.24, 2.45) is 0 Å². The molecule has 0 saturated carbocycles. The zero-order valence-electron chi connectivity index (χ0n) is 8.97. The lowest BCUT2D eigenvalue weighted by Crippen LogP contribution is -2.40. The predicted octanol–water partition coefficient (Wildman–Crippen LogP) is 0.107. The molecule has 1 amide bonds. The maximum atomic E-state index is 11.8. The first kappa shape index (κ1) is 14.1. The summed E-state index contributed by atoms with van der Waals surface area (Å²) in [6, 6.07) is 0. The van der Waals surface area contributed by atoms with Gasteiger partial charge in [-0.1, -0.05) is 0 Å². The average Bonchev–Trinajstić information content (AvgIpc) is 2.23. The molecular formula is C7H14NO6P. The van der Waals surface area contributed by atoms with Crippen molar-refractivity contribution in [2.75, 3.05) is 21.3 Å². The van der Waals surface area contributed by atoms with Gasteiger partial charge in [0.2, 0.25) is 11.7 Å². The van der Waals surface area contributed by atoms with E-state index in [4.69, 9.17) is 0 Å². The molecule has 0 aliphatic rings. The van der Waals surface area contributed by atoms with Crippen molar-refractivity contribution in [3.8, 4) is 0 Å². The number of methoxy groups -OCH3 is 1. The van der Waals surface area contributed by atoms with Crippen LogP contribution in [0.4, 0.5) is 0 Å². The molecule has 0 bridgehead atoms. The van der Waals surface area contributed by atoms with Crippen LogP contribution in [0.3, 0.4) is 0 Å². The summed E-state index contributed by atoms with van der Waals surface area (Å²) in [5.41, 5.74) is 0. The lowest BCUT2D eigenvalue weighted by atomic mass is 10.6. The Morgan fingerprint density at radius 1 is 1.20 bits per heavy atom. The van der Waals surface area contributed by atoms with Crippen molar-refractivity contribution >= 4 is 19.5 Å². The van der Waals surface area contributed by atoms with E-state index in [9.17, 15) is 14.2 Å². The van der Waals surface area contributed by atoms with Crippen molar-refractivity contribution in [3.63, 3.8) is 0 Å². The van der Waals surface area contributed by atoms with Gasteiger partial charge in [0, 0.05) is 21.1 Å². The second-order valence-corrected chi connectivity index (χ2v) is 4.86. The molecule has 0 heterocycles. The Balaban J connectivity index is 4.99. The zero-order chi connectivity index (χ0) is 12.1. The van der Waals surface area contributed by atoms with E-state index in [2.05, 4.69) is 19.1 Å². The minimum absolute atomic E-state index is 0.542. The van der Waals surface area contributed by atoms with Gasteiger partial charge in [0.1, 0.15) is 0 Å². The number of hydrogen-bond acceptors (Lipinski definition) is 6. The number of carbonyl (C=O) groups excluding carboxylic acids is 2. The van der Waals surface area contributed by atoms with Crippen LogP contribution in [0.5, 0.6) is 0 Å². The van der Waals surface area contributed by atoms with E-state index in [1.54, 1.807) is 0 Å². The van der Waals surface area contributed by atoms with Gasteiger partial charge >= 0.3 is 13.6 Å². The number of nitrogens with one attached hydrogen (secondary N) is 1. The molecule has 0 aromatic rings. The average molecular weight is 239 g/mol. The van der Waals surface area contributed by atoms with Gasteiger partial charge in [0.15, 0.2) is 0 Å². The van der Waals surface area contributed by atoms with E-state index in [-0.39, 0.29) is 0 Å². The molecule has 0 fully saturated rings. The molecule has 8 heteroatoms. The fourth-order valence-electron chi connectivity index (χ4n) is 0.857. The molecule has 1 N–H and O–H groups in total. The highest BCUT2D eigenvalue weighted by atomic mass is 31.2. The van der Waals surface area contributed by atoms with E-state index in [0.29, 0.717) is 0 Å².